The lowest BCUT2D eigenvalue weighted by Crippen LogP contribution is -2.39. The Morgan fingerprint density at radius 2 is 2.47 bits per heavy atom. The van der Waals surface area contributed by atoms with Gasteiger partial charge in [-0.2, -0.15) is 0 Å². The van der Waals surface area contributed by atoms with Crippen LogP contribution in [0.15, 0.2) is 0 Å². The zero-order chi connectivity index (χ0) is 11.1. The summed E-state index contributed by atoms with van der Waals surface area (Å²) in [6.07, 6.45) is 2.45. The second kappa shape index (κ2) is 6.53. The number of amides is 1. The third kappa shape index (κ3) is 4.40. The van der Waals surface area contributed by atoms with E-state index in [4.69, 9.17) is 4.74 Å². The summed E-state index contributed by atoms with van der Waals surface area (Å²) in [7, 11) is 1.50. The standard InChI is InChI=1S/C10H18N2O3/c1-15-8-10(14)11-9-3-5-12(7-9)4-2-6-13/h6,9H,2-5,7-8H2,1H3,(H,11,14). The Balaban J connectivity index is 2.18. The number of hydrogen-bond donors (Lipinski definition) is 1. The molecule has 0 saturated carbocycles. The summed E-state index contributed by atoms with van der Waals surface area (Å²) in [6, 6.07) is 0.208. The van der Waals surface area contributed by atoms with Crippen LogP contribution in [0.3, 0.4) is 0 Å². The Kier molecular flexibility index (Phi) is 5.28. The highest BCUT2D eigenvalue weighted by molar-refractivity contribution is 5.77. The molecular formula is C10H18N2O3. The molecule has 1 saturated heterocycles. The molecule has 0 aromatic rings. The van der Waals surface area contributed by atoms with Crippen molar-refractivity contribution in [3.63, 3.8) is 0 Å². The van der Waals surface area contributed by atoms with E-state index in [1.165, 1.54) is 7.11 Å². The van der Waals surface area contributed by atoms with E-state index < -0.39 is 0 Å². The van der Waals surface area contributed by atoms with Gasteiger partial charge in [0, 0.05) is 39.2 Å². The summed E-state index contributed by atoms with van der Waals surface area (Å²) in [5.41, 5.74) is 0. The lowest BCUT2D eigenvalue weighted by Gasteiger charge is -2.15. The maximum atomic E-state index is 11.2. The molecule has 86 valence electrons. The van der Waals surface area contributed by atoms with Crippen LogP contribution < -0.4 is 5.32 Å². The fraction of sp³-hybridized carbons (Fsp3) is 0.800. The first-order valence-electron chi connectivity index (χ1n) is 5.20. The summed E-state index contributed by atoms with van der Waals surface area (Å²) < 4.78 is 4.73. The van der Waals surface area contributed by atoms with Gasteiger partial charge >= 0.3 is 0 Å². The second-order valence-corrected chi connectivity index (χ2v) is 3.74. The maximum absolute atomic E-state index is 11.2. The Morgan fingerprint density at radius 3 is 3.13 bits per heavy atom. The number of rotatable bonds is 6. The van der Waals surface area contributed by atoms with E-state index in [2.05, 4.69) is 10.2 Å². The topological polar surface area (TPSA) is 58.6 Å². The monoisotopic (exact) mass is 214 g/mol. The highest BCUT2D eigenvalue weighted by Crippen LogP contribution is 2.08. The quantitative estimate of drug-likeness (QED) is 0.601. The molecule has 0 aromatic heterocycles. The molecule has 1 unspecified atom stereocenters. The van der Waals surface area contributed by atoms with E-state index in [1.54, 1.807) is 0 Å². The van der Waals surface area contributed by atoms with Crippen LogP contribution in [0.1, 0.15) is 12.8 Å². The van der Waals surface area contributed by atoms with Gasteiger partial charge in [0.05, 0.1) is 0 Å². The molecule has 5 heteroatoms. The molecule has 0 aliphatic carbocycles. The summed E-state index contributed by atoms with van der Waals surface area (Å²) in [4.78, 5) is 23.6. The molecule has 1 atom stereocenters. The van der Waals surface area contributed by atoms with Gasteiger partial charge in [0.1, 0.15) is 12.9 Å². The SMILES string of the molecule is COCC(=O)NC1CCN(CCC=O)C1. The first kappa shape index (κ1) is 12.1. The van der Waals surface area contributed by atoms with Crippen molar-refractivity contribution < 1.29 is 14.3 Å². The van der Waals surface area contributed by atoms with Crippen molar-refractivity contribution in [3.8, 4) is 0 Å². The summed E-state index contributed by atoms with van der Waals surface area (Å²) in [5, 5.41) is 2.89. The highest BCUT2D eigenvalue weighted by atomic mass is 16.5. The average Bonchev–Trinajstić information content (AvgIpc) is 2.63. The van der Waals surface area contributed by atoms with Gasteiger partial charge in [-0.25, -0.2) is 0 Å². The van der Waals surface area contributed by atoms with Crippen molar-refractivity contribution in [3.05, 3.63) is 0 Å². The number of nitrogens with one attached hydrogen (secondary N) is 1. The number of carbonyl (C=O) groups excluding carboxylic acids is 2. The molecule has 1 amide bonds. The molecule has 1 rings (SSSR count). The van der Waals surface area contributed by atoms with Crippen LogP contribution in [0.5, 0.6) is 0 Å². The minimum atomic E-state index is -0.0697. The molecule has 1 aliphatic heterocycles. The zero-order valence-corrected chi connectivity index (χ0v) is 9.07. The lowest BCUT2D eigenvalue weighted by molar-refractivity contribution is -0.125. The number of carbonyl (C=O) groups is 2. The van der Waals surface area contributed by atoms with E-state index in [-0.39, 0.29) is 18.6 Å². The van der Waals surface area contributed by atoms with E-state index in [0.717, 1.165) is 32.3 Å². The van der Waals surface area contributed by atoms with Crippen LogP contribution in [0.4, 0.5) is 0 Å². The number of methoxy groups -OCH3 is 1. The molecule has 5 nitrogen and oxygen atoms in total. The number of hydrogen-bond acceptors (Lipinski definition) is 4. The van der Waals surface area contributed by atoms with Crippen LogP contribution in [0.2, 0.25) is 0 Å². The predicted octanol–water partition coefficient (Wildman–Crippen LogP) is -0.588. The minimum absolute atomic E-state index is 0.0697. The number of aldehydes is 1. The first-order chi connectivity index (χ1) is 7.26. The smallest absolute Gasteiger partial charge is 0.246 e. The number of nitrogens with zero attached hydrogens (tertiary/aromatic N) is 1. The fourth-order valence-electron chi connectivity index (χ4n) is 1.79. The summed E-state index contributed by atoms with van der Waals surface area (Å²) >= 11 is 0. The Bertz CT molecular complexity index is 221. The summed E-state index contributed by atoms with van der Waals surface area (Å²) in [6.45, 7) is 2.69. The second-order valence-electron chi connectivity index (χ2n) is 3.74. The third-order valence-corrected chi connectivity index (χ3v) is 2.48. The van der Waals surface area contributed by atoms with E-state index in [1.807, 2.05) is 0 Å². The van der Waals surface area contributed by atoms with Gasteiger partial charge in [0.2, 0.25) is 5.91 Å². The molecule has 0 bridgehead atoms. The average molecular weight is 214 g/mol. The first-order valence-corrected chi connectivity index (χ1v) is 5.20. The van der Waals surface area contributed by atoms with E-state index >= 15 is 0 Å². The van der Waals surface area contributed by atoms with E-state index in [9.17, 15) is 9.59 Å². The van der Waals surface area contributed by atoms with Gasteiger partial charge in [0.25, 0.3) is 0 Å². The fourth-order valence-corrected chi connectivity index (χ4v) is 1.79. The van der Waals surface area contributed by atoms with Crippen LogP contribution >= 0.6 is 0 Å². The van der Waals surface area contributed by atoms with Crippen molar-refractivity contribution >= 4 is 12.2 Å². The molecule has 15 heavy (non-hydrogen) atoms. The highest BCUT2D eigenvalue weighted by Gasteiger charge is 2.22. The van der Waals surface area contributed by atoms with Crippen LogP contribution in [-0.2, 0) is 14.3 Å². The number of ether oxygens (including phenoxy) is 1. The molecular weight excluding hydrogens is 196 g/mol. The molecule has 0 radical (unpaired) electrons. The molecule has 0 aromatic carbocycles. The maximum Gasteiger partial charge on any atom is 0.246 e. The van der Waals surface area contributed by atoms with E-state index in [0.29, 0.717) is 6.42 Å². The molecule has 1 fully saturated rings. The van der Waals surface area contributed by atoms with Crippen molar-refractivity contribution in [1.82, 2.24) is 10.2 Å². The third-order valence-electron chi connectivity index (χ3n) is 2.48. The van der Waals surface area contributed by atoms with Crippen molar-refractivity contribution in [2.45, 2.75) is 18.9 Å². The zero-order valence-electron chi connectivity index (χ0n) is 9.07. The lowest BCUT2D eigenvalue weighted by atomic mass is 10.2. The van der Waals surface area contributed by atoms with Gasteiger partial charge in [-0.3, -0.25) is 4.79 Å². The van der Waals surface area contributed by atoms with Crippen LogP contribution in [0, 0.1) is 0 Å². The Morgan fingerprint density at radius 1 is 1.67 bits per heavy atom. The largest absolute Gasteiger partial charge is 0.375 e. The van der Waals surface area contributed by atoms with Crippen molar-refractivity contribution in [2.24, 2.45) is 0 Å². The van der Waals surface area contributed by atoms with Gasteiger partial charge in [-0.15, -0.1) is 0 Å². The number of likely N-dealkylation sites (tertiary alicyclic amines) is 1. The molecule has 1 aliphatic rings. The van der Waals surface area contributed by atoms with Gasteiger partial charge in [-0.1, -0.05) is 0 Å². The van der Waals surface area contributed by atoms with Gasteiger partial charge in [0.15, 0.2) is 0 Å². The minimum Gasteiger partial charge on any atom is -0.375 e. The molecule has 0 spiro atoms. The Labute approximate surface area is 89.8 Å². The van der Waals surface area contributed by atoms with Crippen LogP contribution in [0.25, 0.3) is 0 Å². The van der Waals surface area contributed by atoms with Crippen molar-refractivity contribution in [2.75, 3.05) is 33.4 Å². The molecule has 1 N–H and O–H groups in total. The predicted molar refractivity (Wildman–Crippen MR) is 55.5 cm³/mol. The summed E-state index contributed by atoms with van der Waals surface area (Å²) in [5.74, 6) is -0.0697. The van der Waals surface area contributed by atoms with Crippen molar-refractivity contribution in [1.29, 1.82) is 0 Å². The normalized spacial score (nSPS) is 21.5. The van der Waals surface area contributed by atoms with Gasteiger partial charge in [-0.05, 0) is 6.42 Å². The Hall–Kier alpha value is -0.940. The van der Waals surface area contributed by atoms with Crippen LogP contribution in [-0.4, -0.2) is 56.5 Å². The molecule has 1 heterocycles. The van der Waals surface area contributed by atoms with Gasteiger partial charge < -0.3 is 19.7 Å².